The van der Waals surface area contributed by atoms with E-state index in [0.29, 0.717) is 5.92 Å². The predicted molar refractivity (Wildman–Crippen MR) is 74.6 cm³/mol. The van der Waals surface area contributed by atoms with Crippen LogP contribution < -0.4 is 5.32 Å². The lowest BCUT2D eigenvalue weighted by atomic mass is 9.89. The Morgan fingerprint density at radius 1 is 1.41 bits per heavy atom. The van der Waals surface area contributed by atoms with E-state index < -0.39 is 0 Å². The summed E-state index contributed by atoms with van der Waals surface area (Å²) in [6.45, 7) is 10.2. The quantitative estimate of drug-likeness (QED) is 0.867. The minimum Gasteiger partial charge on any atom is -0.305 e. The lowest BCUT2D eigenvalue weighted by molar-refractivity contribution is 0.265. The fourth-order valence-electron chi connectivity index (χ4n) is 2.32. The second-order valence-corrected chi connectivity index (χ2v) is 6.61. The van der Waals surface area contributed by atoms with Gasteiger partial charge in [-0.15, -0.1) is 11.3 Å². The van der Waals surface area contributed by atoms with Crippen LogP contribution in [0.1, 0.15) is 56.1 Å². The monoisotopic (exact) mass is 252 g/mol. The van der Waals surface area contributed by atoms with Crippen molar-refractivity contribution in [3.05, 3.63) is 15.6 Å². The van der Waals surface area contributed by atoms with E-state index >= 15 is 0 Å². The van der Waals surface area contributed by atoms with Gasteiger partial charge >= 0.3 is 0 Å². The highest BCUT2D eigenvalue weighted by Gasteiger charge is 2.34. The number of aromatic nitrogens is 1. The molecule has 0 saturated carbocycles. The van der Waals surface area contributed by atoms with Gasteiger partial charge in [0.15, 0.2) is 0 Å². The molecule has 1 aromatic rings. The van der Waals surface area contributed by atoms with Crippen LogP contribution in [-0.4, -0.2) is 11.5 Å². The number of nitrogens with one attached hydrogen (secondary N) is 1. The fraction of sp³-hybridized carbons (Fsp3) is 0.786. The van der Waals surface area contributed by atoms with Gasteiger partial charge in [0, 0.05) is 4.88 Å². The van der Waals surface area contributed by atoms with E-state index in [1.807, 2.05) is 11.3 Å². The van der Waals surface area contributed by atoms with Gasteiger partial charge in [-0.3, -0.25) is 0 Å². The number of nitrogens with zero attached hydrogens (tertiary/aromatic N) is 1. The van der Waals surface area contributed by atoms with Gasteiger partial charge in [0.2, 0.25) is 0 Å². The summed E-state index contributed by atoms with van der Waals surface area (Å²) in [5.41, 5.74) is 1.42. The Bertz CT molecular complexity index is 362. The van der Waals surface area contributed by atoms with Crippen molar-refractivity contribution in [1.29, 1.82) is 0 Å². The Balaban J connectivity index is 2.25. The zero-order chi connectivity index (χ0) is 12.5. The topological polar surface area (TPSA) is 24.9 Å². The highest BCUT2D eigenvalue weighted by molar-refractivity contribution is 7.12. The molecule has 3 heteroatoms. The number of rotatable bonds is 5. The molecule has 0 saturated heterocycles. The molecule has 0 fully saturated rings. The lowest BCUT2D eigenvalue weighted by Crippen LogP contribution is -2.44. The van der Waals surface area contributed by atoms with Crippen molar-refractivity contribution in [2.75, 3.05) is 6.54 Å². The van der Waals surface area contributed by atoms with Crippen molar-refractivity contribution in [3.63, 3.8) is 0 Å². The van der Waals surface area contributed by atoms with Gasteiger partial charge in [-0.2, -0.15) is 0 Å². The molecule has 1 aromatic heterocycles. The van der Waals surface area contributed by atoms with Gasteiger partial charge in [0.25, 0.3) is 0 Å². The van der Waals surface area contributed by atoms with Gasteiger partial charge in [-0.25, -0.2) is 4.98 Å². The number of aryl methyl sites for hydroxylation is 2. The zero-order valence-electron chi connectivity index (χ0n) is 11.5. The van der Waals surface area contributed by atoms with E-state index in [1.165, 1.54) is 41.3 Å². The Kier molecular flexibility index (Phi) is 3.88. The van der Waals surface area contributed by atoms with Crippen LogP contribution >= 0.6 is 11.3 Å². The highest BCUT2D eigenvalue weighted by Crippen LogP contribution is 2.36. The average Bonchev–Trinajstić information content (AvgIpc) is 2.85. The first-order valence-electron chi connectivity index (χ1n) is 6.82. The summed E-state index contributed by atoms with van der Waals surface area (Å²) >= 11 is 1.93. The molecule has 0 spiro atoms. The third-order valence-corrected chi connectivity index (χ3v) is 5.33. The van der Waals surface area contributed by atoms with Crippen LogP contribution in [-0.2, 0) is 18.4 Å². The van der Waals surface area contributed by atoms with Gasteiger partial charge in [0.1, 0.15) is 5.01 Å². The van der Waals surface area contributed by atoms with Crippen molar-refractivity contribution in [2.45, 2.75) is 58.9 Å². The summed E-state index contributed by atoms with van der Waals surface area (Å²) in [5.74, 6) is 0.570. The van der Waals surface area contributed by atoms with E-state index in [-0.39, 0.29) is 5.54 Å². The van der Waals surface area contributed by atoms with Crippen LogP contribution in [0.3, 0.4) is 0 Å². The van der Waals surface area contributed by atoms with E-state index in [1.54, 1.807) is 0 Å². The van der Waals surface area contributed by atoms with Gasteiger partial charge < -0.3 is 5.32 Å². The number of hydrogen-bond acceptors (Lipinski definition) is 3. The Labute approximate surface area is 109 Å². The minimum absolute atomic E-state index is 0.0466. The molecule has 0 radical (unpaired) electrons. The molecule has 1 heterocycles. The maximum absolute atomic E-state index is 4.89. The minimum atomic E-state index is 0.0466. The molecule has 0 bridgehead atoms. The third-order valence-electron chi connectivity index (χ3n) is 3.94. The molecule has 17 heavy (non-hydrogen) atoms. The van der Waals surface area contributed by atoms with E-state index in [2.05, 4.69) is 33.0 Å². The molecular formula is C14H24N2S. The maximum atomic E-state index is 4.89. The third kappa shape index (κ3) is 2.41. The second kappa shape index (κ2) is 5.07. The van der Waals surface area contributed by atoms with Gasteiger partial charge in [-0.1, -0.05) is 20.8 Å². The largest absolute Gasteiger partial charge is 0.305 e. The Hall–Kier alpha value is -0.410. The van der Waals surface area contributed by atoms with Crippen molar-refractivity contribution >= 4 is 11.3 Å². The van der Waals surface area contributed by atoms with Crippen LogP contribution in [0, 0.1) is 5.92 Å². The number of fused-ring (bicyclic) bond motifs is 1. The lowest BCUT2D eigenvalue weighted by Gasteiger charge is -2.33. The van der Waals surface area contributed by atoms with E-state index in [9.17, 15) is 0 Å². The van der Waals surface area contributed by atoms with Crippen LogP contribution in [0.4, 0.5) is 0 Å². The maximum Gasteiger partial charge on any atom is 0.113 e. The van der Waals surface area contributed by atoms with E-state index in [0.717, 1.165) is 6.54 Å². The molecule has 0 amide bonds. The van der Waals surface area contributed by atoms with Crippen LogP contribution in [0.5, 0.6) is 0 Å². The SMILES string of the molecule is CCCNC(C)(c1nc2c(s1)CCC2)C(C)C. The molecule has 1 unspecified atom stereocenters. The summed E-state index contributed by atoms with van der Waals surface area (Å²) in [4.78, 5) is 6.43. The average molecular weight is 252 g/mol. The molecule has 1 N–H and O–H groups in total. The molecular weight excluding hydrogens is 228 g/mol. The van der Waals surface area contributed by atoms with Crippen molar-refractivity contribution in [3.8, 4) is 0 Å². The van der Waals surface area contributed by atoms with Crippen LogP contribution in [0.25, 0.3) is 0 Å². The smallest absolute Gasteiger partial charge is 0.113 e. The standard InChI is InChI=1S/C14H24N2S/c1-5-9-15-14(4,10(2)3)13-16-11-7-6-8-12(11)17-13/h10,15H,5-9H2,1-4H3. The molecule has 96 valence electrons. The van der Waals surface area contributed by atoms with Gasteiger partial charge in [0.05, 0.1) is 11.2 Å². The summed E-state index contributed by atoms with van der Waals surface area (Å²) in [6, 6.07) is 0. The zero-order valence-corrected chi connectivity index (χ0v) is 12.3. The van der Waals surface area contributed by atoms with Crippen LogP contribution in [0.15, 0.2) is 0 Å². The summed E-state index contributed by atoms with van der Waals surface area (Å²) in [7, 11) is 0. The summed E-state index contributed by atoms with van der Waals surface area (Å²) in [5, 5.41) is 5.00. The predicted octanol–water partition coefficient (Wildman–Crippen LogP) is 3.50. The first-order chi connectivity index (χ1) is 8.08. The normalized spacial score (nSPS) is 18.4. The Morgan fingerprint density at radius 2 is 2.18 bits per heavy atom. The fourth-order valence-corrected chi connectivity index (χ4v) is 3.74. The molecule has 0 aliphatic heterocycles. The van der Waals surface area contributed by atoms with Gasteiger partial charge in [-0.05, 0) is 45.1 Å². The molecule has 1 aliphatic rings. The van der Waals surface area contributed by atoms with Crippen molar-refractivity contribution < 1.29 is 0 Å². The molecule has 1 atom stereocenters. The number of hydrogen-bond donors (Lipinski definition) is 1. The highest BCUT2D eigenvalue weighted by atomic mass is 32.1. The molecule has 0 aromatic carbocycles. The first-order valence-corrected chi connectivity index (χ1v) is 7.63. The molecule has 2 rings (SSSR count). The Morgan fingerprint density at radius 3 is 2.76 bits per heavy atom. The van der Waals surface area contributed by atoms with Crippen molar-refractivity contribution in [2.24, 2.45) is 5.92 Å². The second-order valence-electron chi connectivity index (χ2n) is 5.53. The van der Waals surface area contributed by atoms with Crippen LogP contribution in [0.2, 0.25) is 0 Å². The number of thiazole rings is 1. The van der Waals surface area contributed by atoms with E-state index in [4.69, 9.17) is 4.98 Å². The molecule has 2 nitrogen and oxygen atoms in total. The first kappa shape index (κ1) is 13.0. The van der Waals surface area contributed by atoms with Crippen molar-refractivity contribution in [1.82, 2.24) is 10.3 Å². The summed E-state index contributed by atoms with van der Waals surface area (Å²) in [6.07, 6.45) is 4.91. The summed E-state index contributed by atoms with van der Waals surface area (Å²) < 4.78 is 0. The molecule has 1 aliphatic carbocycles.